The molecule has 1 amide bonds. The van der Waals surface area contributed by atoms with Gasteiger partial charge < -0.3 is 9.64 Å². The second kappa shape index (κ2) is 8.48. The van der Waals surface area contributed by atoms with Crippen molar-refractivity contribution >= 4 is 5.91 Å². The van der Waals surface area contributed by atoms with Crippen LogP contribution in [0.4, 0.5) is 0 Å². The molecule has 0 spiro atoms. The van der Waals surface area contributed by atoms with E-state index in [0.717, 1.165) is 53.2 Å². The summed E-state index contributed by atoms with van der Waals surface area (Å²) in [6, 6.07) is 21.9. The Labute approximate surface area is 172 Å². The fourth-order valence-corrected chi connectivity index (χ4v) is 4.02. The zero-order valence-electron chi connectivity index (χ0n) is 17.0. The highest BCUT2D eigenvalue weighted by atomic mass is 16.5. The lowest BCUT2D eigenvalue weighted by Crippen LogP contribution is -2.39. The zero-order valence-corrected chi connectivity index (χ0v) is 17.0. The summed E-state index contributed by atoms with van der Waals surface area (Å²) in [5, 5.41) is 0. The van der Waals surface area contributed by atoms with Crippen LogP contribution < -0.4 is 4.74 Å². The number of carbonyl (C=O) groups is 1. The number of benzene rings is 2. The van der Waals surface area contributed by atoms with Crippen LogP contribution in [0.15, 0.2) is 66.7 Å². The number of rotatable bonds is 4. The van der Waals surface area contributed by atoms with E-state index >= 15 is 0 Å². The summed E-state index contributed by atoms with van der Waals surface area (Å²) in [7, 11) is 1.68. The van der Waals surface area contributed by atoms with Gasteiger partial charge >= 0.3 is 0 Å². The monoisotopic (exact) mass is 386 g/mol. The molecule has 4 heteroatoms. The molecular formula is C25H26N2O2. The van der Waals surface area contributed by atoms with Gasteiger partial charge in [0.05, 0.1) is 7.11 Å². The van der Waals surface area contributed by atoms with Crippen LogP contribution in [0.3, 0.4) is 0 Å². The van der Waals surface area contributed by atoms with E-state index in [1.165, 1.54) is 0 Å². The number of hydrogen-bond acceptors (Lipinski definition) is 3. The number of piperidine rings is 1. The number of methoxy groups -OCH3 is 1. The predicted molar refractivity (Wildman–Crippen MR) is 115 cm³/mol. The first-order chi connectivity index (χ1) is 14.1. The first-order valence-corrected chi connectivity index (χ1v) is 10.1. The summed E-state index contributed by atoms with van der Waals surface area (Å²) < 4.78 is 5.27. The van der Waals surface area contributed by atoms with E-state index in [2.05, 4.69) is 24.3 Å². The summed E-state index contributed by atoms with van der Waals surface area (Å²) in [5.74, 6) is 1.22. The van der Waals surface area contributed by atoms with Crippen LogP contribution >= 0.6 is 0 Å². The Morgan fingerprint density at radius 2 is 1.79 bits per heavy atom. The second-order valence-corrected chi connectivity index (χ2v) is 7.61. The van der Waals surface area contributed by atoms with Gasteiger partial charge in [-0.25, -0.2) is 0 Å². The van der Waals surface area contributed by atoms with Gasteiger partial charge in [-0.2, -0.15) is 0 Å². The van der Waals surface area contributed by atoms with Crippen molar-refractivity contribution in [2.75, 3.05) is 20.2 Å². The summed E-state index contributed by atoms with van der Waals surface area (Å²) in [4.78, 5) is 19.7. The number of hydrogen-bond donors (Lipinski definition) is 0. The van der Waals surface area contributed by atoms with Crippen LogP contribution in [-0.2, 0) is 0 Å². The molecule has 0 bridgehead atoms. The maximum atomic E-state index is 12.9. The van der Waals surface area contributed by atoms with Gasteiger partial charge in [0.2, 0.25) is 0 Å². The molecule has 4 rings (SSSR count). The van der Waals surface area contributed by atoms with E-state index in [1.54, 1.807) is 7.11 Å². The topological polar surface area (TPSA) is 42.4 Å². The van der Waals surface area contributed by atoms with Crippen LogP contribution in [0.5, 0.6) is 5.75 Å². The SMILES string of the molecule is COc1ccc(-c2cc(C)nc([C@H]3CCCN(C(=O)c4ccccc4)C3)c2)cc1. The number of ether oxygens (including phenoxy) is 1. The molecule has 0 saturated carbocycles. The first kappa shape index (κ1) is 19.2. The van der Waals surface area contributed by atoms with Crippen LogP contribution in [0, 0.1) is 6.92 Å². The van der Waals surface area contributed by atoms with Gasteiger partial charge in [-0.05, 0) is 67.3 Å². The van der Waals surface area contributed by atoms with Gasteiger partial charge in [0.25, 0.3) is 5.91 Å². The summed E-state index contributed by atoms with van der Waals surface area (Å²) in [5.41, 5.74) is 5.12. The normalized spacial score (nSPS) is 16.5. The Morgan fingerprint density at radius 1 is 1.03 bits per heavy atom. The molecule has 4 nitrogen and oxygen atoms in total. The molecular weight excluding hydrogens is 360 g/mol. The number of carbonyl (C=O) groups excluding carboxylic acids is 1. The van der Waals surface area contributed by atoms with E-state index in [9.17, 15) is 4.79 Å². The highest BCUT2D eigenvalue weighted by Crippen LogP contribution is 2.30. The predicted octanol–water partition coefficient (Wildman–Crippen LogP) is 5.09. The van der Waals surface area contributed by atoms with Crippen molar-refractivity contribution in [2.45, 2.75) is 25.7 Å². The Hall–Kier alpha value is -3.14. The van der Waals surface area contributed by atoms with E-state index in [4.69, 9.17) is 9.72 Å². The highest BCUT2D eigenvalue weighted by Gasteiger charge is 2.26. The molecule has 1 atom stereocenters. The molecule has 29 heavy (non-hydrogen) atoms. The molecule has 1 fully saturated rings. The van der Waals surface area contributed by atoms with Crippen molar-refractivity contribution in [1.82, 2.24) is 9.88 Å². The van der Waals surface area contributed by atoms with Crippen LogP contribution in [-0.4, -0.2) is 36.0 Å². The standard InChI is InChI=1S/C25H26N2O2/c1-18-15-22(19-10-12-23(29-2)13-11-19)16-24(26-18)21-9-6-14-27(17-21)25(28)20-7-4-3-5-8-20/h3-5,7-8,10-13,15-16,21H,6,9,14,17H2,1-2H3/t21-/m0/s1. The fraction of sp³-hybridized carbons (Fsp3) is 0.280. The second-order valence-electron chi connectivity index (χ2n) is 7.61. The molecule has 148 valence electrons. The quantitative estimate of drug-likeness (QED) is 0.627. The molecule has 2 aromatic carbocycles. The summed E-state index contributed by atoms with van der Waals surface area (Å²) >= 11 is 0. The van der Waals surface area contributed by atoms with E-state index < -0.39 is 0 Å². The minimum atomic E-state index is 0.110. The molecule has 0 aliphatic carbocycles. The number of pyridine rings is 1. The minimum absolute atomic E-state index is 0.110. The van der Waals surface area contributed by atoms with Gasteiger partial charge in [-0.1, -0.05) is 30.3 Å². The molecule has 1 aliphatic rings. The molecule has 3 aromatic rings. The smallest absolute Gasteiger partial charge is 0.253 e. The Balaban J connectivity index is 1.57. The van der Waals surface area contributed by atoms with Gasteiger partial charge in [-0.3, -0.25) is 9.78 Å². The lowest BCUT2D eigenvalue weighted by molar-refractivity contribution is 0.0706. The van der Waals surface area contributed by atoms with Crippen LogP contribution in [0.25, 0.3) is 11.1 Å². The van der Waals surface area contributed by atoms with E-state index in [0.29, 0.717) is 6.54 Å². The van der Waals surface area contributed by atoms with Crippen molar-refractivity contribution in [1.29, 1.82) is 0 Å². The van der Waals surface area contributed by atoms with Crippen LogP contribution in [0.2, 0.25) is 0 Å². The molecule has 1 aromatic heterocycles. The van der Waals surface area contributed by atoms with E-state index in [1.807, 2.05) is 54.3 Å². The minimum Gasteiger partial charge on any atom is -0.497 e. The third kappa shape index (κ3) is 4.32. The largest absolute Gasteiger partial charge is 0.497 e. The lowest BCUT2D eigenvalue weighted by Gasteiger charge is -2.33. The summed E-state index contributed by atoms with van der Waals surface area (Å²) in [6.07, 6.45) is 2.05. The number of nitrogens with zero attached hydrogens (tertiary/aromatic N) is 2. The maximum Gasteiger partial charge on any atom is 0.253 e. The van der Waals surface area contributed by atoms with Crippen molar-refractivity contribution in [3.63, 3.8) is 0 Å². The van der Waals surface area contributed by atoms with Gasteiger partial charge in [0.1, 0.15) is 5.75 Å². The molecule has 0 radical (unpaired) electrons. The lowest BCUT2D eigenvalue weighted by atomic mass is 9.92. The molecule has 1 aliphatic heterocycles. The van der Waals surface area contributed by atoms with Crippen molar-refractivity contribution < 1.29 is 9.53 Å². The van der Waals surface area contributed by atoms with Gasteiger partial charge in [0, 0.05) is 36.0 Å². The molecule has 2 heterocycles. The average molecular weight is 386 g/mol. The highest BCUT2D eigenvalue weighted by molar-refractivity contribution is 5.94. The third-order valence-electron chi connectivity index (χ3n) is 5.54. The first-order valence-electron chi connectivity index (χ1n) is 10.1. The van der Waals surface area contributed by atoms with Crippen molar-refractivity contribution in [2.24, 2.45) is 0 Å². The number of aromatic nitrogens is 1. The zero-order chi connectivity index (χ0) is 20.2. The average Bonchev–Trinajstić information content (AvgIpc) is 2.79. The Bertz CT molecular complexity index is 983. The van der Waals surface area contributed by atoms with Gasteiger partial charge in [-0.15, -0.1) is 0 Å². The fourth-order valence-electron chi connectivity index (χ4n) is 4.02. The number of amides is 1. The van der Waals surface area contributed by atoms with Crippen LogP contribution in [0.1, 0.15) is 40.5 Å². The molecule has 1 saturated heterocycles. The maximum absolute atomic E-state index is 12.9. The van der Waals surface area contributed by atoms with Crippen molar-refractivity contribution in [3.05, 3.63) is 83.7 Å². The van der Waals surface area contributed by atoms with Gasteiger partial charge in [0.15, 0.2) is 0 Å². The summed E-state index contributed by atoms with van der Waals surface area (Å²) in [6.45, 7) is 3.56. The van der Waals surface area contributed by atoms with E-state index in [-0.39, 0.29) is 11.8 Å². The molecule has 0 N–H and O–H groups in total. The third-order valence-corrected chi connectivity index (χ3v) is 5.54. The molecule has 0 unspecified atom stereocenters. The number of aryl methyl sites for hydroxylation is 1. The van der Waals surface area contributed by atoms with Crippen molar-refractivity contribution in [3.8, 4) is 16.9 Å². The Kier molecular flexibility index (Phi) is 5.61. The Morgan fingerprint density at radius 3 is 2.52 bits per heavy atom. The number of likely N-dealkylation sites (tertiary alicyclic amines) is 1.